The van der Waals surface area contributed by atoms with Crippen molar-refractivity contribution < 1.29 is 16.0 Å². The van der Waals surface area contributed by atoms with Crippen LogP contribution in [0.4, 0.5) is 0 Å². The Morgan fingerprint density at radius 1 is 1.44 bits per heavy atom. The molecule has 0 bridgehead atoms. The number of ether oxygens (including phenoxy) is 1. The Bertz CT molecular complexity index is 392. The van der Waals surface area contributed by atoms with Crippen LogP contribution in [0.5, 0.6) is 0 Å². The number of aliphatic hydroxyl groups is 1. The van der Waals surface area contributed by atoms with Gasteiger partial charge in [-0.2, -0.15) is 0 Å². The Balaban J connectivity index is 2.14. The first-order valence-corrected chi connectivity index (χ1v) is 5.50. The van der Waals surface area contributed by atoms with Gasteiger partial charge in [-0.3, -0.25) is 4.79 Å². The summed E-state index contributed by atoms with van der Waals surface area (Å²) in [7, 11) is 0. The number of aldehydes is 1. The van der Waals surface area contributed by atoms with Gasteiger partial charge in [-0.15, -0.1) is 0 Å². The third-order valence-electron chi connectivity index (χ3n) is 2.89. The summed E-state index contributed by atoms with van der Waals surface area (Å²) < 4.78 is 12.7. The standard InChI is InChI=1S/C13H16O3/c1-9-6-12(15)7-13(16-9)11-4-2-10(8-14)3-5-11/h2-5,8-9,12-13,15H,6-7H2,1H3/t9-,12+,13-/m0/s1/i8D. The molecule has 0 unspecified atom stereocenters. The topological polar surface area (TPSA) is 46.5 Å². The van der Waals surface area contributed by atoms with Gasteiger partial charge in [0, 0.05) is 12.0 Å². The van der Waals surface area contributed by atoms with Crippen molar-refractivity contribution in [2.75, 3.05) is 0 Å². The Morgan fingerprint density at radius 2 is 2.12 bits per heavy atom. The minimum Gasteiger partial charge on any atom is -0.393 e. The zero-order valence-corrected chi connectivity index (χ0v) is 9.22. The molecule has 1 heterocycles. The third kappa shape index (κ3) is 2.49. The second kappa shape index (κ2) is 4.76. The lowest BCUT2D eigenvalue weighted by Gasteiger charge is -2.31. The zero-order valence-electron chi connectivity index (χ0n) is 10.2. The number of hydrogen-bond acceptors (Lipinski definition) is 3. The highest BCUT2D eigenvalue weighted by Gasteiger charge is 2.26. The van der Waals surface area contributed by atoms with E-state index in [9.17, 15) is 9.90 Å². The van der Waals surface area contributed by atoms with Gasteiger partial charge in [-0.05, 0) is 18.9 Å². The molecule has 1 aliphatic rings. The normalized spacial score (nSPS) is 30.9. The summed E-state index contributed by atoms with van der Waals surface area (Å²) in [6.45, 7) is 1.94. The van der Waals surface area contributed by atoms with Crippen molar-refractivity contribution in [1.82, 2.24) is 0 Å². The highest BCUT2D eigenvalue weighted by Crippen LogP contribution is 2.31. The number of hydrogen-bond donors (Lipinski definition) is 1. The van der Waals surface area contributed by atoms with E-state index >= 15 is 0 Å². The van der Waals surface area contributed by atoms with Crippen molar-refractivity contribution in [2.24, 2.45) is 0 Å². The molecule has 1 saturated heterocycles. The maximum absolute atomic E-state index is 10.8. The molecule has 1 fully saturated rings. The lowest BCUT2D eigenvalue weighted by atomic mass is 9.96. The molecule has 0 aromatic heterocycles. The number of aliphatic hydroxyl groups excluding tert-OH is 1. The molecule has 0 radical (unpaired) electrons. The molecule has 16 heavy (non-hydrogen) atoms. The molecule has 0 spiro atoms. The predicted octanol–water partition coefficient (Wildman–Crippen LogP) is 2.10. The van der Waals surface area contributed by atoms with Crippen LogP contribution in [0.3, 0.4) is 0 Å². The summed E-state index contributed by atoms with van der Waals surface area (Å²) in [5.74, 6) is 0. The Hall–Kier alpha value is -1.19. The predicted molar refractivity (Wildman–Crippen MR) is 60.4 cm³/mol. The average molecular weight is 221 g/mol. The van der Waals surface area contributed by atoms with E-state index in [0.29, 0.717) is 18.4 Å². The third-order valence-corrected chi connectivity index (χ3v) is 2.89. The summed E-state index contributed by atoms with van der Waals surface area (Å²) in [5, 5.41) is 9.69. The lowest BCUT2D eigenvalue weighted by molar-refractivity contribution is -0.0895. The molecule has 1 N–H and O–H groups in total. The van der Waals surface area contributed by atoms with Crippen molar-refractivity contribution in [3.63, 3.8) is 0 Å². The summed E-state index contributed by atoms with van der Waals surface area (Å²) in [5.41, 5.74) is 1.32. The molecule has 1 aromatic carbocycles. The van der Waals surface area contributed by atoms with E-state index in [0.717, 1.165) is 5.56 Å². The highest BCUT2D eigenvalue weighted by molar-refractivity contribution is 5.74. The SMILES string of the molecule is [2H]C(=O)c1ccc([C@@H]2C[C@H](O)C[C@H](C)O2)cc1. The van der Waals surface area contributed by atoms with Crippen LogP contribution in [-0.4, -0.2) is 23.6 Å². The Kier molecular flexibility index (Phi) is 2.98. The minimum atomic E-state index is -0.686. The van der Waals surface area contributed by atoms with E-state index in [1.54, 1.807) is 24.3 Å². The molecule has 86 valence electrons. The van der Waals surface area contributed by atoms with Crippen LogP contribution in [0.15, 0.2) is 24.3 Å². The maximum atomic E-state index is 10.8. The van der Waals surface area contributed by atoms with Crippen LogP contribution in [0.25, 0.3) is 0 Å². The van der Waals surface area contributed by atoms with Crippen LogP contribution < -0.4 is 0 Å². The molecule has 0 saturated carbocycles. The first-order valence-electron chi connectivity index (χ1n) is 6.00. The minimum absolute atomic E-state index is 0.0428. The second-order valence-electron chi connectivity index (χ2n) is 4.28. The molecule has 0 aliphatic carbocycles. The van der Waals surface area contributed by atoms with Gasteiger partial charge in [-0.25, -0.2) is 0 Å². The Labute approximate surface area is 96.5 Å². The lowest BCUT2D eigenvalue weighted by Crippen LogP contribution is -2.29. The van der Waals surface area contributed by atoms with Gasteiger partial charge in [0.15, 0.2) is 0 Å². The fourth-order valence-electron chi connectivity index (χ4n) is 2.10. The van der Waals surface area contributed by atoms with Crippen molar-refractivity contribution in [3.8, 4) is 0 Å². The highest BCUT2D eigenvalue weighted by atomic mass is 16.5. The smallest absolute Gasteiger partial charge is 0.150 e. The summed E-state index contributed by atoms with van der Waals surface area (Å²) in [4.78, 5) is 10.8. The van der Waals surface area contributed by atoms with E-state index < -0.39 is 6.26 Å². The van der Waals surface area contributed by atoms with Crippen LogP contribution in [0.2, 0.25) is 0 Å². The van der Waals surface area contributed by atoms with E-state index in [1.807, 2.05) is 6.92 Å². The molecule has 1 aliphatic heterocycles. The van der Waals surface area contributed by atoms with Gasteiger partial charge in [0.1, 0.15) is 7.63 Å². The molecule has 3 heteroatoms. The summed E-state index contributed by atoms with van der Waals surface area (Å²) in [6, 6.07) is 6.83. The van der Waals surface area contributed by atoms with Gasteiger partial charge in [0.25, 0.3) is 0 Å². The molecule has 3 atom stereocenters. The van der Waals surface area contributed by atoms with E-state index in [-0.39, 0.29) is 18.3 Å². The quantitative estimate of drug-likeness (QED) is 0.778. The van der Waals surface area contributed by atoms with Crippen molar-refractivity contribution in [3.05, 3.63) is 35.4 Å². The van der Waals surface area contributed by atoms with Crippen molar-refractivity contribution in [2.45, 2.75) is 38.1 Å². The molecule has 2 rings (SSSR count). The van der Waals surface area contributed by atoms with Crippen LogP contribution in [0, 0.1) is 0 Å². The van der Waals surface area contributed by atoms with E-state index in [2.05, 4.69) is 0 Å². The number of carbonyl (C=O) groups is 1. The fraction of sp³-hybridized carbons (Fsp3) is 0.462. The summed E-state index contributed by atoms with van der Waals surface area (Å²) >= 11 is 0. The fourth-order valence-corrected chi connectivity index (χ4v) is 2.10. The molecular weight excluding hydrogens is 204 g/mol. The average Bonchev–Trinajstić information content (AvgIpc) is 2.28. The first kappa shape index (κ1) is 10.00. The van der Waals surface area contributed by atoms with E-state index in [1.165, 1.54) is 0 Å². The molecule has 0 amide bonds. The van der Waals surface area contributed by atoms with Gasteiger partial charge in [0.2, 0.25) is 0 Å². The summed E-state index contributed by atoms with van der Waals surface area (Å²) in [6.07, 6.45) is 0.152. The van der Waals surface area contributed by atoms with Crippen molar-refractivity contribution in [1.29, 1.82) is 0 Å². The Morgan fingerprint density at radius 3 is 2.69 bits per heavy atom. The monoisotopic (exact) mass is 221 g/mol. The van der Waals surface area contributed by atoms with Gasteiger partial charge in [-0.1, -0.05) is 24.3 Å². The number of carbonyl (C=O) groups excluding carboxylic acids is 1. The number of rotatable bonds is 2. The van der Waals surface area contributed by atoms with Gasteiger partial charge in [0.05, 0.1) is 18.3 Å². The van der Waals surface area contributed by atoms with E-state index in [4.69, 9.17) is 6.11 Å². The van der Waals surface area contributed by atoms with Gasteiger partial charge < -0.3 is 9.84 Å². The molecule has 1 aromatic rings. The van der Waals surface area contributed by atoms with Crippen LogP contribution >= 0.6 is 0 Å². The zero-order chi connectivity index (χ0) is 12.4. The van der Waals surface area contributed by atoms with Crippen LogP contribution in [0.1, 0.15) is 43.2 Å². The largest absolute Gasteiger partial charge is 0.393 e. The second-order valence-corrected chi connectivity index (χ2v) is 4.28. The first-order chi connectivity index (χ1) is 8.06. The maximum Gasteiger partial charge on any atom is 0.150 e. The van der Waals surface area contributed by atoms with Crippen LogP contribution in [-0.2, 0) is 4.74 Å². The van der Waals surface area contributed by atoms with Gasteiger partial charge >= 0.3 is 0 Å². The molecule has 3 nitrogen and oxygen atoms in total. The van der Waals surface area contributed by atoms with Crippen molar-refractivity contribution >= 4 is 6.26 Å². The molecular formula is C13H16O3. The number of benzene rings is 1.